The van der Waals surface area contributed by atoms with Gasteiger partial charge < -0.3 is 4.57 Å². The van der Waals surface area contributed by atoms with E-state index in [4.69, 9.17) is 0 Å². The fourth-order valence-corrected chi connectivity index (χ4v) is 2.41. The Morgan fingerprint density at radius 3 is 2.86 bits per heavy atom. The second-order valence-electron chi connectivity index (χ2n) is 4.39. The van der Waals surface area contributed by atoms with Crippen LogP contribution in [0.3, 0.4) is 0 Å². The van der Waals surface area contributed by atoms with Crippen LogP contribution in [0.15, 0.2) is 12.5 Å². The minimum absolute atomic E-state index is 1.01. The number of aryl methyl sites for hydroxylation is 1. The predicted octanol–water partition coefficient (Wildman–Crippen LogP) is 3.04. The number of nitrogens with zero attached hydrogens (tertiary/aromatic N) is 2. The zero-order valence-electron chi connectivity index (χ0n) is 8.78. The first kappa shape index (κ1) is 9.75. The summed E-state index contributed by atoms with van der Waals surface area (Å²) in [4.78, 5) is 3.93. The Hall–Kier alpha value is -0.790. The highest BCUT2D eigenvalue weighted by Crippen LogP contribution is 2.27. The molecule has 0 atom stereocenters. The molecule has 14 heavy (non-hydrogen) atoms. The minimum Gasteiger partial charge on any atom is -0.337 e. The molecule has 0 bridgehead atoms. The molecule has 0 saturated heterocycles. The zero-order valence-corrected chi connectivity index (χ0v) is 8.78. The first-order chi connectivity index (χ1) is 6.95. The van der Waals surface area contributed by atoms with Crippen molar-refractivity contribution in [3.05, 3.63) is 18.7 Å². The van der Waals surface area contributed by atoms with Crippen molar-refractivity contribution < 1.29 is 0 Å². The highest BCUT2D eigenvalue weighted by Gasteiger charge is 2.12. The second kappa shape index (κ2) is 5.18. The molecule has 0 aliphatic heterocycles. The van der Waals surface area contributed by atoms with E-state index in [2.05, 4.69) is 15.7 Å². The van der Waals surface area contributed by atoms with E-state index in [-0.39, 0.29) is 0 Å². The third kappa shape index (κ3) is 2.86. The topological polar surface area (TPSA) is 17.8 Å². The highest BCUT2D eigenvalue weighted by atomic mass is 15.0. The van der Waals surface area contributed by atoms with Crippen molar-refractivity contribution in [1.29, 1.82) is 0 Å². The van der Waals surface area contributed by atoms with Gasteiger partial charge in [0, 0.05) is 12.7 Å². The van der Waals surface area contributed by atoms with Crippen molar-refractivity contribution in [2.24, 2.45) is 5.92 Å². The van der Waals surface area contributed by atoms with Gasteiger partial charge in [-0.05, 0) is 18.8 Å². The van der Waals surface area contributed by atoms with Crippen molar-refractivity contribution in [3.8, 4) is 0 Å². The van der Waals surface area contributed by atoms with Gasteiger partial charge >= 0.3 is 0 Å². The van der Waals surface area contributed by atoms with Crippen molar-refractivity contribution in [1.82, 2.24) is 9.55 Å². The van der Waals surface area contributed by atoms with Crippen LogP contribution in [0.1, 0.15) is 44.9 Å². The van der Waals surface area contributed by atoms with Gasteiger partial charge in [-0.15, -0.1) is 0 Å². The van der Waals surface area contributed by atoms with Crippen molar-refractivity contribution in [2.75, 3.05) is 0 Å². The van der Waals surface area contributed by atoms with Gasteiger partial charge in [0.2, 0.25) is 0 Å². The molecule has 0 amide bonds. The monoisotopic (exact) mass is 191 g/mol. The van der Waals surface area contributed by atoms with Gasteiger partial charge in [-0.3, -0.25) is 0 Å². The van der Waals surface area contributed by atoms with Crippen LogP contribution >= 0.6 is 0 Å². The molecule has 1 aliphatic carbocycles. The largest absolute Gasteiger partial charge is 0.337 e. The molecular formula is C12H19N2. The van der Waals surface area contributed by atoms with E-state index in [1.165, 1.54) is 44.9 Å². The smallest absolute Gasteiger partial charge is 0.108 e. The lowest BCUT2D eigenvalue weighted by Gasteiger charge is -2.21. The van der Waals surface area contributed by atoms with Gasteiger partial charge in [0.05, 0.1) is 6.33 Å². The Morgan fingerprint density at radius 2 is 2.14 bits per heavy atom. The predicted molar refractivity (Wildman–Crippen MR) is 56.9 cm³/mol. The maximum atomic E-state index is 3.93. The summed E-state index contributed by atoms with van der Waals surface area (Å²) in [6.07, 6.45) is 16.7. The maximum absolute atomic E-state index is 3.93. The van der Waals surface area contributed by atoms with E-state index in [0.29, 0.717) is 0 Å². The van der Waals surface area contributed by atoms with Crippen LogP contribution in [-0.2, 0) is 6.54 Å². The normalized spacial score (nSPS) is 18.6. The van der Waals surface area contributed by atoms with Crippen LogP contribution < -0.4 is 0 Å². The van der Waals surface area contributed by atoms with Gasteiger partial charge in [-0.25, -0.2) is 4.98 Å². The Bertz CT molecular complexity index is 235. The summed E-state index contributed by atoms with van der Waals surface area (Å²) in [5.41, 5.74) is 0. The third-order valence-corrected chi connectivity index (χ3v) is 3.26. The molecule has 2 rings (SSSR count). The molecule has 1 fully saturated rings. The molecule has 1 aromatic heterocycles. The summed E-state index contributed by atoms with van der Waals surface area (Å²) in [6.45, 7) is 1.12. The van der Waals surface area contributed by atoms with Crippen LogP contribution in [0.2, 0.25) is 0 Å². The molecule has 77 valence electrons. The van der Waals surface area contributed by atoms with Crippen molar-refractivity contribution in [3.63, 3.8) is 0 Å². The Labute approximate surface area is 86.3 Å². The summed E-state index contributed by atoms with van der Waals surface area (Å²) in [5, 5.41) is 0. The summed E-state index contributed by atoms with van der Waals surface area (Å²) in [5.74, 6) is 1.01. The SMILES string of the molecule is [c]1cn(CCCC2CCCCC2)cn1. The molecule has 0 N–H and O–H groups in total. The number of hydrogen-bond acceptors (Lipinski definition) is 1. The van der Waals surface area contributed by atoms with Gasteiger partial charge in [0.1, 0.15) is 6.20 Å². The number of aromatic nitrogens is 2. The lowest BCUT2D eigenvalue weighted by Crippen LogP contribution is -2.07. The van der Waals surface area contributed by atoms with E-state index in [0.717, 1.165) is 12.5 Å². The molecule has 2 heteroatoms. The Balaban J connectivity index is 1.62. The summed E-state index contributed by atoms with van der Waals surface area (Å²) >= 11 is 0. The van der Waals surface area contributed by atoms with Crippen LogP contribution in [0.4, 0.5) is 0 Å². The van der Waals surface area contributed by atoms with Gasteiger partial charge in [0.15, 0.2) is 0 Å². The molecular weight excluding hydrogens is 172 g/mol. The van der Waals surface area contributed by atoms with E-state index in [1.807, 2.05) is 12.5 Å². The average molecular weight is 191 g/mol. The third-order valence-electron chi connectivity index (χ3n) is 3.26. The second-order valence-corrected chi connectivity index (χ2v) is 4.39. The van der Waals surface area contributed by atoms with Gasteiger partial charge in [-0.1, -0.05) is 32.1 Å². The average Bonchev–Trinajstić information content (AvgIpc) is 2.72. The van der Waals surface area contributed by atoms with Crippen LogP contribution in [0, 0.1) is 12.1 Å². The summed E-state index contributed by atoms with van der Waals surface area (Å²) in [6, 6.07) is 0. The van der Waals surface area contributed by atoms with Crippen molar-refractivity contribution in [2.45, 2.75) is 51.5 Å². The van der Waals surface area contributed by atoms with E-state index in [1.54, 1.807) is 0 Å². The van der Waals surface area contributed by atoms with Crippen molar-refractivity contribution >= 4 is 0 Å². The number of rotatable bonds is 4. The zero-order chi connectivity index (χ0) is 9.64. The quantitative estimate of drug-likeness (QED) is 0.715. The molecule has 1 aliphatic rings. The number of hydrogen-bond donors (Lipinski definition) is 0. The Kier molecular flexibility index (Phi) is 3.61. The Morgan fingerprint density at radius 1 is 1.29 bits per heavy atom. The highest BCUT2D eigenvalue weighted by molar-refractivity contribution is 4.72. The molecule has 1 heterocycles. The number of imidazole rings is 1. The molecule has 0 spiro atoms. The van der Waals surface area contributed by atoms with Crippen LogP contribution in [0.5, 0.6) is 0 Å². The van der Waals surface area contributed by atoms with E-state index >= 15 is 0 Å². The minimum atomic E-state index is 1.01. The van der Waals surface area contributed by atoms with Gasteiger partial charge in [0.25, 0.3) is 0 Å². The molecule has 1 saturated carbocycles. The van der Waals surface area contributed by atoms with E-state index < -0.39 is 0 Å². The molecule has 1 aromatic rings. The fourth-order valence-electron chi connectivity index (χ4n) is 2.41. The fraction of sp³-hybridized carbons (Fsp3) is 0.750. The lowest BCUT2D eigenvalue weighted by molar-refractivity contribution is 0.326. The standard InChI is InChI=1S/C12H19N2/c1-2-5-12(6-3-1)7-4-9-14-10-8-13-11-14/h10-12H,1-7,9H2. The van der Waals surface area contributed by atoms with Crippen LogP contribution in [0.25, 0.3) is 0 Å². The molecule has 1 radical (unpaired) electrons. The summed E-state index contributed by atoms with van der Waals surface area (Å²) in [7, 11) is 0. The molecule has 2 nitrogen and oxygen atoms in total. The van der Waals surface area contributed by atoms with Crippen LogP contribution in [-0.4, -0.2) is 9.55 Å². The molecule has 0 unspecified atom stereocenters. The van der Waals surface area contributed by atoms with E-state index in [9.17, 15) is 0 Å². The van der Waals surface area contributed by atoms with Gasteiger partial charge in [-0.2, -0.15) is 0 Å². The molecule has 0 aromatic carbocycles. The first-order valence-electron chi connectivity index (χ1n) is 5.83. The summed E-state index contributed by atoms with van der Waals surface area (Å²) < 4.78 is 2.13. The maximum Gasteiger partial charge on any atom is 0.108 e. The first-order valence-corrected chi connectivity index (χ1v) is 5.83. The lowest BCUT2D eigenvalue weighted by atomic mass is 9.86.